The van der Waals surface area contributed by atoms with Crippen LogP contribution in [-0.4, -0.2) is 62.8 Å². The van der Waals surface area contributed by atoms with Gasteiger partial charge in [-0.15, -0.1) is 0 Å². The maximum atomic E-state index is 13.0. The van der Waals surface area contributed by atoms with E-state index in [9.17, 15) is 18.0 Å². The Morgan fingerprint density at radius 3 is 2.33 bits per heavy atom. The van der Waals surface area contributed by atoms with Gasteiger partial charge in [0.2, 0.25) is 15.9 Å². The van der Waals surface area contributed by atoms with Crippen molar-refractivity contribution in [3.8, 4) is 0 Å². The van der Waals surface area contributed by atoms with E-state index < -0.39 is 16.0 Å². The molecule has 9 heteroatoms. The predicted molar refractivity (Wildman–Crippen MR) is 103 cm³/mol. The lowest BCUT2D eigenvalue weighted by molar-refractivity contribution is -0.135. The summed E-state index contributed by atoms with van der Waals surface area (Å²) in [4.78, 5) is 26.3. The van der Waals surface area contributed by atoms with Gasteiger partial charge < -0.3 is 9.64 Å². The number of sulfonamides is 1. The maximum absolute atomic E-state index is 13.0. The van der Waals surface area contributed by atoms with Crippen molar-refractivity contribution in [3.63, 3.8) is 0 Å². The maximum Gasteiger partial charge on any atom is 0.339 e. The van der Waals surface area contributed by atoms with Crippen molar-refractivity contribution in [3.05, 3.63) is 28.2 Å². The van der Waals surface area contributed by atoms with Gasteiger partial charge in [0.05, 0.1) is 17.6 Å². The molecule has 0 aromatic heterocycles. The molecule has 0 spiro atoms. The average Bonchev–Trinajstić information content (AvgIpc) is 3.22. The van der Waals surface area contributed by atoms with Gasteiger partial charge in [-0.1, -0.05) is 0 Å². The van der Waals surface area contributed by atoms with E-state index >= 15 is 0 Å². The number of hydrogen-bond acceptors (Lipinski definition) is 5. The minimum atomic E-state index is -3.73. The number of carbonyl (C=O) groups excluding carboxylic acids is 2. The van der Waals surface area contributed by atoms with Crippen LogP contribution in [-0.2, 0) is 19.6 Å². The second kappa shape index (κ2) is 8.28. The molecule has 3 rings (SSSR count). The van der Waals surface area contributed by atoms with Crippen molar-refractivity contribution in [1.29, 1.82) is 0 Å². The lowest BCUT2D eigenvalue weighted by Crippen LogP contribution is -2.43. The molecule has 0 N–H and O–H groups in total. The number of hydrogen-bond donors (Lipinski definition) is 0. The molecular formula is C18H23BrN2O5S. The number of esters is 1. The number of halogens is 1. The summed E-state index contributed by atoms with van der Waals surface area (Å²) in [5, 5.41) is 0. The van der Waals surface area contributed by atoms with Crippen molar-refractivity contribution < 1.29 is 22.7 Å². The summed E-state index contributed by atoms with van der Waals surface area (Å²) in [7, 11) is -2.48. The Kier molecular flexibility index (Phi) is 6.22. The van der Waals surface area contributed by atoms with E-state index in [0.717, 1.165) is 25.9 Å². The van der Waals surface area contributed by atoms with E-state index in [4.69, 9.17) is 4.74 Å². The summed E-state index contributed by atoms with van der Waals surface area (Å²) in [5.74, 6) is -0.555. The van der Waals surface area contributed by atoms with Crippen molar-refractivity contribution in [2.45, 2.75) is 30.6 Å². The molecule has 1 amide bonds. The fourth-order valence-electron chi connectivity index (χ4n) is 3.62. The van der Waals surface area contributed by atoms with Gasteiger partial charge in [0.25, 0.3) is 0 Å². The van der Waals surface area contributed by atoms with Crippen LogP contribution in [0.5, 0.6) is 0 Å². The SMILES string of the molecule is COC(=O)c1cc(S(=O)(=O)N2CCC(C(=O)N3CCCC3)CC2)ccc1Br. The van der Waals surface area contributed by atoms with E-state index in [2.05, 4.69) is 15.9 Å². The number of methoxy groups -OCH3 is 1. The Hall–Kier alpha value is -1.45. The van der Waals surface area contributed by atoms with E-state index in [-0.39, 0.29) is 22.3 Å². The molecule has 0 aliphatic carbocycles. The molecule has 2 aliphatic heterocycles. The van der Waals surface area contributed by atoms with Crippen LogP contribution in [0, 0.1) is 5.92 Å². The second-order valence-corrected chi connectivity index (χ2v) is 9.64. The van der Waals surface area contributed by atoms with Crippen LogP contribution < -0.4 is 0 Å². The van der Waals surface area contributed by atoms with Crippen molar-refractivity contribution >= 4 is 37.8 Å². The molecule has 0 saturated carbocycles. The first-order chi connectivity index (χ1) is 12.8. The van der Waals surface area contributed by atoms with Crippen LogP contribution in [0.25, 0.3) is 0 Å². The second-order valence-electron chi connectivity index (χ2n) is 6.84. The molecule has 7 nitrogen and oxygen atoms in total. The van der Waals surface area contributed by atoms with E-state index in [1.54, 1.807) is 0 Å². The Morgan fingerprint density at radius 2 is 1.74 bits per heavy atom. The monoisotopic (exact) mass is 458 g/mol. The molecule has 2 heterocycles. The van der Waals surface area contributed by atoms with Crippen molar-refractivity contribution in [2.24, 2.45) is 5.92 Å². The Balaban J connectivity index is 1.71. The lowest BCUT2D eigenvalue weighted by atomic mass is 9.97. The number of nitrogens with zero attached hydrogens (tertiary/aromatic N) is 2. The lowest BCUT2D eigenvalue weighted by Gasteiger charge is -2.32. The number of rotatable bonds is 4. The van der Waals surface area contributed by atoms with Crippen LogP contribution >= 0.6 is 15.9 Å². The van der Waals surface area contributed by atoms with Gasteiger partial charge in [0, 0.05) is 36.6 Å². The van der Waals surface area contributed by atoms with E-state index in [1.807, 2.05) is 4.90 Å². The summed E-state index contributed by atoms with van der Waals surface area (Å²) in [5.41, 5.74) is 0.165. The van der Waals surface area contributed by atoms with E-state index in [0.29, 0.717) is 30.4 Å². The number of benzene rings is 1. The number of piperidine rings is 1. The van der Waals surface area contributed by atoms with Crippen molar-refractivity contribution in [2.75, 3.05) is 33.3 Å². The largest absolute Gasteiger partial charge is 0.465 e. The van der Waals surface area contributed by atoms with E-state index in [1.165, 1.54) is 29.6 Å². The third-order valence-corrected chi connectivity index (χ3v) is 7.79. The van der Waals surface area contributed by atoms with Crippen LogP contribution in [0.3, 0.4) is 0 Å². The normalized spacial score (nSPS) is 19.3. The molecule has 27 heavy (non-hydrogen) atoms. The fraction of sp³-hybridized carbons (Fsp3) is 0.556. The molecule has 2 fully saturated rings. The smallest absolute Gasteiger partial charge is 0.339 e. The Labute approximate surface area is 167 Å². The molecule has 1 aromatic carbocycles. The molecule has 148 valence electrons. The molecule has 2 aliphatic rings. The van der Waals surface area contributed by atoms with Gasteiger partial charge >= 0.3 is 5.97 Å². The average molecular weight is 459 g/mol. The number of likely N-dealkylation sites (tertiary alicyclic amines) is 1. The third-order valence-electron chi connectivity index (χ3n) is 5.20. The predicted octanol–water partition coefficient (Wildman–Crippen LogP) is 2.26. The van der Waals surface area contributed by atoms with Gasteiger partial charge in [0.15, 0.2) is 0 Å². The highest BCUT2D eigenvalue weighted by Gasteiger charge is 2.34. The first kappa shape index (κ1) is 20.3. The highest BCUT2D eigenvalue weighted by Crippen LogP contribution is 2.28. The number of amides is 1. The summed E-state index contributed by atoms with van der Waals surface area (Å²) in [6, 6.07) is 4.32. The molecule has 0 unspecified atom stereocenters. The van der Waals surface area contributed by atoms with Crippen LogP contribution in [0.15, 0.2) is 27.6 Å². The van der Waals surface area contributed by atoms with Gasteiger partial charge in [-0.2, -0.15) is 4.31 Å². The molecule has 0 bridgehead atoms. The number of ether oxygens (including phenoxy) is 1. The molecule has 0 radical (unpaired) electrons. The molecule has 0 atom stereocenters. The number of carbonyl (C=O) groups is 2. The molecule has 1 aromatic rings. The van der Waals surface area contributed by atoms with Gasteiger partial charge in [-0.25, -0.2) is 13.2 Å². The Morgan fingerprint density at radius 1 is 1.11 bits per heavy atom. The van der Waals surface area contributed by atoms with Gasteiger partial charge in [0.1, 0.15) is 0 Å². The molecular weight excluding hydrogens is 436 g/mol. The highest BCUT2D eigenvalue weighted by molar-refractivity contribution is 9.10. The third kappa shape index (κ3) is 4.20. The first-order valence-electron chi connectivity index (χ1n) is 9.01. The topological polar surface area (TPSA) is 84.0 Å². The van der Waals surface area contributed by atoms with Crippen LogP contribution in [0.1, 0.15) is 36.0 Å². The summed E-state index contributed by atoms with van der Waals surface area (Å²) < 4.78 is 32.5. The molecule has 2 saturated heterocycles. The summed E-state index contributed by atoms with van der Waals surface area (Å²) in [6.45, 7) is 2.23. The zero-order valence-corrected chi connectivity index (χ0v) is 17.6. The highest BCUT2D eigenvalue weighted by atomic mass is 79.9. The zero-order valence-electron chi connectivity index (χ0n) is 15.2. The zero-order chi connectivity index (χ0) is 19.6. The van der Waals surface area contributed by atoms with Gasteiger partial charge in [-0.3, -0.25) is 4.79 Å². The van der Waals surface area contributed by atoms with Crippen LogP contribution in [0.4, 0.5) is 0 Å². The van der Waals surface area contributed by atoms with Crippen molar-refractivity contribution in [1.82, 2.24) is 9.21 Å². The Bertz CT molecular complexity index is 828. The van der Waals surface area contributed by atoms with Gasteiger partial charge in [-0.05, 0) is 59.8 Å². The quantitative estimate of drug-likeness (QED) is 0.646. The summed E-state index contributed by atoms with van der Waals surface area (Å²) in [6.07, 6.45) is 3.14. The minimum absolute atomic E-state index is 0.0513. The summed E-state index contributed by atoms with van der Waals surface area (Å²) >= 11 is 3.24. The standard InChI is InChI=1S/C18H23BrN2O5S/c1-26-18(23)15-12-14(4-5-16(15)19)27(24,25)21-10-6-13(7-11-21)17(22)20-8-2-3-9-20/h4-5,12-13H,2-3,6-11H2,1H3. The fourth-order valence-corrected chi connectivity index (χ4v) is 5.52. The van der Waals surface area contributed by atoms with Crippen LogP contribution in [0.2, 0.25) is 0 Å². The first-order valence-corrected chi connectivity index (χ1v) is 11.2. The minimum Gasteiger partial charge on any atom is -0.465 e.